The zero-order valence-corrected chi connectivity index (χ0v) is 12.8. The van der Waals surface area contributed by atoms with Crippen LogP contribution in [0.2, 0.25) is 5.02 Å². The first-order valence-corrected chi connectivity index (χ1v) is 7.53. The molecule has 0 heterocycles. The van der Waals surface area contributed by atoms with E-state index in [0.717, 1.165) is 11.4 Å². The minimum Gasteiger partial charge on any atom is -0.330 e. The van der Waals surface area contributed by atoms with E-state index < -0.39 is 0 Å². The lowest BCUT2D eigenvalue weighted by molar-refractivity contribution is 0.944. The number of aryl methyl sites for hydroxylation is 2. The van der Waals surface area contributed by atoms with E-state index in [4.69, 9.17) is 17.3 Å². The van der Waals surface area contributed by atoms with Gasteiger partial charge in [0, 0.05) is 14.8 Å². The smallest absolute Gasteiger partial charge is 0.0417 e. The Labute approximate surface area is 124 Å². The summed E-state index contributed by atoms with van der Waals surface area (Å²) in [4.78, 5) is 2.48. The Morgan fingerprint density at radius 3 is 2.58 bits per heavy atom. The Hall–Kier alpha value is -0.960. The molecule has 19 heavy (non-hydrogen) atoms. The van der Waals surface area contributed by atoms with Crippen molar-refractivity contribution in [3.63, 3.8) is 0 Å². The minimum absolute atomic E-state index is 0.655. The number of hydrogen-bond donors (Lipinski definition) is 1. The van der Waals surface area contributed by atoms with E-state index in [0.29, 0.717) is 6.54 Å². The first-order chi connectivity index (χ1) is 9.10. The lowest BCUT2D eigenvalue weighted by Crippen LogP contribution is -2.03. The third kappa shape index (κ3) is 3.75. The Bertz CT molecular complexity index is 581. The van der Waals surface area contributed by atoms with E-state index >= 15 is 0 Å². The molecular weight excluding hydrogens is 274 g/mol. The van der Waals surface area contributed by atoms with E-state index in [1.807, 2.05) is 12.1 Å². The molecule has 0 unspecified atom stereocenters. The zero-order valence-electron chi connectivity index (χ0n) is 11.2. The fraction of sp³-hybridized carbons (Fsp3) is 0.250. The van der Waals surface area contributed by atoms with Crippen molar-refractivity contribution in [2.45, 2.75) is 30.1 Å². The van der Waals surface area contributed by atoms with Crippen LogP contribution in [0.5, 0.6) is 0 Å². The highest BCUT2D eigenvalue weighted by molar-refractivity contribution is 7.99. The van der Waals surface area contributed by atoms with E-state index in [1.54, 1.807) is 11.8 Å². The van der Waals surface area contributed by atoms with Crippen molar-refractivity contribution in [3.8, 4) is 0 Å². The molecule has 100 valence electrons. The summed E-state index contributed by atoms with van der Waals surface area (Å²) in [7, 11) is 0. The second-order valence-electron chi connectivity index (χ2n) is 4.66. The molecule has 0 bridgehead atoms. The van der Waals surface area contributed by atoms with Crippen LogP contribution in [-0.2, 0) is 6.42 Å². The highest BCUT2D eigenvalue weighted by Crippen LogP contribution is 2.34. The Balaban J connectivity index is 2.36. The molecule has 0 fully saturated rings. The molecule has 0 saturated heterocycles. The summed E-state index contributed by atoms with van der Waals surface area (Å²) in [6.45, 7) is 4.90. The van der Waals surface area contributed by atoms with Crippen molar-refractivity contribution in [1.29, 1.82) is 0 Å². The molecule has 3 heteroatoms. The maximum Gasteiger partial charge on any atom is 0.0417 e. The number of benzene rings is 2. The second-order valence-corrected chi connectivity index (χ2v) is 6.18. The predicted molar refractivity (Wildman–Crippen MR) is 84.2 cm³/mol. The fourth-order valence-corrected chi connectivity index (χ4v) is 3.36. The SMILES string of the molecule is Cc1ccc(C)c(Sc2cc(Cl)ccc2CCN)c1. The molecule has 2 rings (SSSR count). The molecule has 0 aliphatic carbocycles. The van der Waals surface area contributed by atoms with Crippen LogP contribution < -0.4 is 5.73 Å². The molecule has 0 aromatic heterocycles. The lowest BCUT2D eigenvalue weighted by Gasteiger charge is -2.11. The second kappa shape index (κ2) is 6.47. The van der Waals surface area contributed by atoms with Gasteiger partial charge in [0.25, 0.3) is 0 Å². The van der Waals surface area contributed by atoms with Crippen molar-refractivity contribution in [2.75, 3.05) is 6.54 Å². The number of nitrogens with two attached hydrogens (primary N) is 1. The molecule has 2 N–H and O–H groups in total. The lowest BCUT2D eigenvalue weighted by atomic mass is 10.1. The summed E-state index contributed by atoms with van der Waals surface area (Å²) in [6.07, 6.45) is 0.879. The molecule has 0 amide bonds. The third-order valence-corrected chi connectivity index (χ3v) is 4.50. The van der Waals surface area contributed by atoms with E-state index in [2.05, 4.69) is 38.1 Å². The summed E-state index contributed by atoms with van der Waals surface area (Å²) >= 11 is 7.88. The largest absolute Gasteiger partial charge is 0.330 e. The molecule has 0 atom stereocenters. The van der Waals surface area contributed by atoms with E-state index in [-0.39, 0.29) is 0 Å². The maximum atomic E-state index is 6.11. The molecule has 2 aromatic rings. The highest BCUT2D eigenvalue weighted by Gasteiger charge is 2.07. The van der Waals surface area contributed by atoms with Gasteiger partial charge in [-0.25, -0.2) is 0 Å². The third-order valence-electron chi connectivity index (χ3n) is 3.01. The zero-order chi connectivity index (χ0) is 13.8. The average Bonchev–Trinajstić information content (AvgIpc) is 2.37. The van der Waals surface area contributed by atoms with Crippen LogP contribution >= 0.6 is 23.4 Å². The average molecular weight is 292 g/mol. The van der Waals surface area contributed by atoms with Crippen LogP contribution in [0.1, 0.15) is 16.7 Å². The molecule has 2 aromatic carbocycles. The molecule has 0 aliphatic heterocycles. The molecule has 1 nitrogen and oxygen atoms in total. The van der Waals surface area contributed by atoms with Gasteiger partial charge in [-0.15, -0.1) is 0 Å². The first kappa shape index (κ1) is 14.4. The normalized spacial score (nSPS) is 10.7. The van der Waals surface area contributed by atoms with Crippen LogP contribution in [0.15, 0.2) is 46.2 Å². The standard InChI is InChI=1S/C16H18ClNS/c1-11-3-4-12(2)15(9-11)19-16-10-14(17)6-5-13(16)7-8-18/h3-6,9-10H,7-8,18H2,1-2H3. The van der Waals surface area contributed by atoms with Crippen LogP contribution in [0, 0.1) is 13.8 Å². The van der Waals surface area contributed by atoms with Crippen LogP contribution in [-0.4, -0.2) is 6.54 Å². The van der Waals surface area contributed by atoms with Gasteiger partial charge in [0.15, 0.2) is 0 Å². The fourth-order valence-electron chi connectivity index (χ4n) is 1.92. The van der Waals surface area contributed by atoms with E-state index in [1.165, 1.54) is 26.5 Å². The molecule has 0 radical (unpaired) electrons. The number of halogens is 1. The number of hydrogen-bond acceptors (Lipinski definition) is 2. The van der Waals surface area contributed by atoms with Gasteiger partial charge < -0.3 is 5.73 Å². The summed E-state index contributed by atoms with van der Waals surface area (Å²) in [5.74, 6) is 0. The van der Waals surface area contributed by atoms with Gasteiger partial charge in [-0.3, -0.25) is 0 Å². The quantitative estimate of drug-likeness (QED) is 0.890. The van der Waals surface area contributed by atoms with E-state index in [9.17, 15) is 0 Å². The van der Waals surface area contributed by atoms with Gasteiger partial charge in [-0.2, -0.15) is 0 Å². The monoisotopic (exact) mass is 291 g/mol. The first-order valence-electron chi connectivity index (χ1n) is 6.34. The van der Waals surface area contributed by atoms with Crippen LogP contribution in [0.25, 0.3) is 0 Å². The summed E-state index contributed by atoms with van der Waals surface area (Å²) < 4.78 is 0. The van der Waals surface area contributed by atoms with Crippen molar-refractivity contribution in [2.24, 2.45) is 5.73 Å². The Morgan fingerprint density at radius 1 is 1.05 bits per heavy atom. The molecule has 0 aliphatic rings. The van der Waals surface area contributed by atoms with Crippen molar-refractivity contribution in [3.05, 3.63) is 58.1 Å². The maximum absolute atomic E-state index is 6.11. The van der Waals surface area contributed by atoms with Crippen molar-refractivity contribution in [1.82, 2.24) is 0 Å². The summed E-state index contributed by atoms with van der Waals surface area (Å²) in [5, 5.41) is 0.772. The van der Waals surface area contributed by atoms with Crippen LogP contribution in [0.4, 0.5) is 0 Å². The molecular formula is C16H18ClNS. The van der Waals surface area contributed by atoms with Crippen molar-refractivity contribution < 1.29 is 0 Å². The van der Waals surface area contributed by atoms with Gasteiger partial charge in [-0.1, -0.05) is 41.6 Å². The molecule has 0 saturated carbocycles. The molecule has 0 spiro atoms. The minimum atomic E-state index is 0.655. The van der Waals surface area contributed by atoms with Gasteiger partial charge in [0.1, 0.15) is 0 Å². The van der Waals surface area contributed by atoms with Crippen molar-refractivity contribution >= 4 is 23.4 Å². The Kier molecular flexibility index (Phi) is 4.92. The van der Waals surface area contributed by atoms with Gasteiger partial charge in [0.05, 0.1) is 0 Å². The Morgan fingerprint density at radius 2 is 1.84 bits per heavy atom. The topological polar surface area (TPSA) is 26.0 Å². The highest BCUT2D eigenvalue weighted by atomic mass is 35.5. The van der Waals surface area contributed by atoms with Crippen LogP contribution in [0.3, 0.4) is 0 Å². The summed E-state index contributed by atoms with van der Waals surface area (Å²) in [5.41, 5.74) is 9.49. The van der Waals surface area contributed by atoms with Gasteiger partial charge in [-0.05, 0) is 61.7 Å². The van der Waals surface area contributed by atoms with Gasteiger partial charge in [0.2, 0.25) is 0 Å². The predicted octanol–water partition coefficient (Wildman–Crippen LogP) is 4.61. The van der Waals surface area contributed by atoms with Gasteiger partial charge >= 0.3 is 0 Å². The summed E-state index contributed by atoms with van der Waals surface area (Å²) in [6, 6.07) is 12.5. The number of rotatable bonds is 4.